The zero-order valence-corrected chi connectivity index (χ0v) is 10.7. The molecule has 1 saturated heterocycles. The molecule has 1 aliphatic heterocycles. The molecule has 5 heteroatoms. The number of β-amino-alcohol motifs (C(OH)–C–C–N with tert-alkyl or cyclic N) is 1. The highest BCUT2D eigenvalue weighted by Crippen LogP contribution is 2.09. The normalized spacial score (nSPS) is 17.9. The molecule has 0 aromatic heterocycles. The maximum absolute atomic E-state index is 11.5. The molecule has 0 atom stereocenters. The molecule has 0 bridgehead atoms. The third-order valence-electron chi connectivity index (χ3n) is 2.57. The van der Waals surface area contributed by atoms with Crippen LogP contribution in [0.1, 0.15) is 13.8 Å². The van der Waals surface area contributed by atoms with Gasteiger partial charge in [-0.05, 0) is 13.8 Å². The minimum Gasteiger partial charge on any atom is -0.445 e. The average Bonchev–Trinajstić information content (AvgIpc) is 2.24. The lowest BCUT2D eigenvalue weighted by atomic mass is 10.1. The van der Waals surface area contributed by atoms with E-state index in [0.717, 1.165) is 13.1 Å². The van der Waals surface area contributed by atoms with Gasteiger partial charge < -0.3 is 14.7 Å². The van der Waals surface area contributed by atoms with Crippen molar-refractivity contribution < 1.29 is 14.6 Å². The number of piperazine rings is 1. The van der Waals surface area contributed by atoms with Gasteiger partial charge in [0.05, 0.1) is 5.60 Å². The second-order valence-electron chi connectivity index (χ2n) is 4.94. The highest BCUT2D eigenvalue weighted by Gasteiger charge is 2.25. The fourth-order valence-corrected chi connectivity index (χ4v) is 1.86. The first kappa shape index (κ1) is 14.0. The SMILES string of the molecule is C=CCOC(=O)N1CCN(CC(C)(C)O)CC1. The molecule has 0 aliphatic carbocycles. The van der Waals surface area contributed by atoms with Crippen molar-refractivity contribution in [2.24, 2.45) is 0 Å². The highest BCUT2D eigenvalue weighted by atomic mass is 16.6. The van der Waals surface area contributed by atoms with Crippen LogP contribution in [0.15, 0.2) is 12.7 Å². The number of amides is 1. The van der Waals surface area contributed by atoms with Gasteiger partial charge in [0.1, 0.15) is 6.61 Å². The van der Waals surface area contributed by atoms with Gasteiger partial charge in [-0.1, -0.05) is 12.7 Å². The molecule has 0 radical (unpaired) electrons. The summed E-state index contributed by atoms with van der Waals surface area (Å²) < 4.78 is 4.97. The maximum atomic E-state index is 11.5. The van der Waals surface area contributed by atoms with E-state index in [0.29, 0.717) is 19.6 Å². The van der Waals surface area contributed by atoms with Gasteiger partial charge in [0, 0.05) is 32.7 Å². The summed E-state index contributed by atoms with van der Waals surface area (Å²) in [4.78, 5) is 15.4. The Bertz CT molecular complexity index is 265. The van der Waals surface area contributed by atoms with Crippen LogP contribution in [-0.2, 0) is 4.74 Å². The van der Waals surface area contributed by atoms with Crippen LogP contribution >= 0.6 is 0 Å². The van der Waals surface area contributed by atoms with Crippen molar-refractivity contribution in [3.05, 3.63) is 12.7 Å². The first-order valence-electron chi connectivity index (χ1n) is 5.90. The van der Waals surface area contributed by atoms with Crippen LogP contribution in [0.2, 0.25) is 0 Å². The van der Waals surface area contributed by atoms with Crippen LogP contribution in [0.5, 0.6) is 0 Å². The van der Waals surface area contributed by atoms with Gasteiger partial charge >= 0.3 is 6.09 Å². The Morgan fingerprint density at radius 2 is 2.00 bits per heavy atom. The van der Waals surface area contributed by atoms with E-state index in [-0.39, 0.29) is 12.7 Å². The summed E-state index contributed by atoms with van der Waals surface area (Å²) in [6, 6.07) is 0. The predicted molar refractivity (Wildman–Crippen MR) is 65.9 cm³/mol. The minimum atomic E-state index is -0.689. The zero-order valence-electron chi connectivity index (χ0n) is 10.7. The fraction of sp³-hybridized carbons (Fsp3) is 0.750. The number of hydrogen-bond donors (Lipinski definition) is 1. The van der Waals surface area contributed by atoms with Crippen LogP contribution in [-0.4, -0.2) is 65.9 Å². The van der Waals surface area contributed by atoms with Gasteiger partial charge in [-0.25, -0.2) is 4.79 Å². The zero-order chi connectivity index (χ0) is 12.9. The van der Waals surface area contributed by atoms with E-state index in [9.17, 15) is 9.90 Å². The lowest BCUT2D eigenvalue weighted by Gasteiger charge is -2.36. The third kappa shape index (κ3) is 5.19. The molecule has 1 amide bonds. The molecule has 1 aliphatic rings. The van der Waals surface area contributed by atoms with Crippen molar-refractivity contribution in [2.75, 3.05) is 39.3 Å². The van der Waals surface area contributed by atoms with E-state index < -0.39 is 5.60 Å². The third-order valence-corrected chi connectivity index (χ3v) is 2.57. The first-order valence-corrected chi connectivity index (χ1v) is 5.90. The lowest BCUT2D eigenvalue weighted by molar-refractivity contribution is 0.0169. The first-order chi connectivity index (χ1) is 7.92. The summed E-state index contributed by atoms with van der Waals surface area (Å²) in [5.41, 5.74) is -0.689. The van der Waals surface area contributed by atoms with Crippen molar-refractivity contribution in [3.63, 3.8) is 0 Å². The number of nitrogens with zero attached hydrogens (tertiary/aromatic N) is 2. The molecule has 0 unspecified atom stereocenters. The highest BCUT2D eigenvalue weighted by molar-refractivity contribution is 5.67. The number of rotatable bonds is 4. The molecule has 17 heavy (non-hydrogen) atoms. The Morgan fingerprint density at radius 3 is 2.47 bits per heavy atom. The van der Waals surface area contributed by atoms with Gasteiger partial charge in [0.2, 0.25) is 0 Å². The molecule has 1 N–H and O–H groups in total. The van der Waals surface area contributed by atoms with Crippen molar-refractivity contribution in [1.29, 1.82) is 0 Å². The van der Waals surface area contributed by atoms with Gasteiger partial charge in [-0.3, -0.25) is 4.90 Å². The Morgan fingerprint density at radius 1 is 1.41 bits per heavy atom. The van der Waals surface area contributed by atoms with Gasteiger partial charge in [-0.15, -0.1) is 0 Å². The van der Waals surface area contributed by atoms with Crippen LogP contribution in [0, 0.1) is 0 Å². The fourth-order valence-electron chi connectivity index (χ4n) is 1.86. The van der Waals surface area contributed by atoms with Gasteiger partial charge in [0.25, 0.3) is 0 Å². The van der Waals surface area contributed by atoms with Gasteiger partial charge in [0.15, 0.2) is 0 Å². The van der Waals surface area contributed by atoms with Crippen LogP contribution in [0.4, 0.5) is 4.79 Å². The largest absolute Gasteiger partial charge is 0.445 e. The summed E-state index contributed by atoms with van der Waals surface area (Å²) >= 11 is 0. The molecule has 0 spiro atoms. The standard InChI is InChI=1S/C12H22N2O3/c1-4-9-17-11(15)14-7-5-13(6-8-14)10-12(2,3)16/h4,16H,1,5-10H2,2-3H3. The minimum absolute atomic E-state index is 0.253. The second kappa shape index (κ2) is 6.02. The van der Waals surface area contributed by atoms with Crippen molar-refractivity contribution >= 4 is 6.09 Å². The molecule has 1 fully saturated rings. The molecule has 1 rings (SSSR count). The molecule has 0 aromatic carbocycles. The predicted octanol–water partition coefficient (Wildman–Crippen LogP) is 0.698. The molecule has 5 nitrogen and oxygen atoms in total. The molecular formula is C12H22N2O3. The maximum Gasteiger partial charge on any atom is 0.410 e. The van der Waals surface area contributed by atoms with E-state index in [1.54, 1.807) is 24.8 Å². The lowest BCUT2D eigenvalue weighted by Crippen LogP contribution is -2.52. The quantitative estimate of drug-likeness (QED) is 0.737. The van der Waals surface area contributed by atoms with E-state index in [2.05, 4.69) is 11.5 Å². The summed E-state index contributed by atoms with van der Waals surface area (Å²) in [5.74, 6) is 0. The Hall–Kier alpha value is -1.07. The second-order valence-corrected chi connectivity index (χ2v) is 4.94. The van der Waals surface area contributed by atoms with E-state index >= 15 is 0 Å². The van der Waals surface area contributed by atoms with Crippen LogP contribution in [0.25, 0.3) is 0 Å². The number of carbonyl (C=O) groups excluding carboxylic acids is 1. The van der Waals surface area contributed by atoms with E-state index in [1.165, 1.54) is 0 Å². The van der Waals surface area contributed by atoms with Crippen molar-refractivity contribution in [1.82, 2.24) is 9.80 Å². The van der Waals surface area contributed by atoms with Crippen LogP contribution in [0.3, 0.4) is 0 Å². The van der Waals surface area contributed by atoms with Gasteiger partial charge in [-0.2, -0.15) is 0 Å². The number of ether oxygens (including phenoxy) is 1. The van der Waals surface area contributed by atoms with E-state index in [4.69, 9.17) is 4.74 Å². The Balaban J connectivity index is 2.30. The summed E-state index contributed by atoms with van der Waals surface area (Å²) in [5, 5.41) is 9.70. The Labute approximate surface area is 103 Å². The average molecular weight is 242 g/mol. The molecular weight excluding hydrogens is 220 g/mol. The topological polar surface area (TPSA) is 53.0 Å². The molecule has 98 valence electrons. The molecule has 0 aromatic rings. The summed E-state index contributed by atoms with van der Waals surface area (Å²) in [6.45, 7) is 10.8. The van der Waals surface area contributed by atoms with E-state index in [1.807, 2.05) is 0 Å². The molecule has 1 heterocycles. The molecule has 0 saturated carbocycles. The van der Waals surface area contributed by atoms with Crippen molar-refractivity contribution in [3.8, 4) is 0 Å². The summed E-state index contributed by atoms with van der Waals surface area (Å²) in [7, 11) is 0. The number of carbonyl (C=O) groups is 1. The summed E-state index contributed by atoms with van der Waals surface area (Å²) in [6.07, 6.45) is 1.27. The van der Waals surface area contributed by atoms with Crippen LogP contribution < -0.4 is 0 Å². The number of hydrogen-bond acceptors (Lipinski definition) is 4. The number of aliphatic hydroxyl groups is 1. The smallest absolute Gasteiger partial charge is 0.410 e. The monoisotopic (exact) mass is 242 g/mol. The Kier molecular flexibility index (Phi) is 4.96. The van der Waals surface area contributed by atoms with Crippen molar-refractivity contribution in [2.45, 2.75) is 19.4 Å².